The quantitative estimate of drug-likeness (QED) is 0.764. The van der Waals surface area contributed by atoms with Crippen molar-refractivity contribution < 1.29 is 37.0 Å². The van der Waals surface area contributed by atoms with Crippen molar-refractivity contribution in [3.63, 3.8) is 0 Å². The molecule has 3 fully saturated rings. The van der Waals surface area contributed by atoms with E-state index >= 15 is 0 Å². The second kappa shape index (κ2) is 9.17. The van der Waals surface area contributed by atoms with Gasteiger partial charge in [0.05, 0.1) is 18.9 Å². The molecule has 3 atom stereocenters. The number of nitrogens with one attached hydrogen (secondary N) is 1. The number of aliphatic carboxylic acids is 1. The van der Waals surface area contributed by atoms with Gasteiger partial charge in [-0.2, -0.15) is 13.2 Å². The lowest BCUT2D eigenvalue weighted by Gasteiger charge is -2.35. The van der Waals surface area contributed by atoms with Crippen LogP contribution in [0.2, 0.25) is 0 Å². The number of hydrogen-bond donors (Lipinski definition) is 2. The van der Waals surface area contributed by atoms with Gasteiger partial charge in [0.25, 0.3) is 0 Å². The monoisotopic (exact) mass is 418 g/mol. The number of carboxylic acids is 1. The van der Waals surface area contributed by atoms with Crippen LogP contribution in [-0.4, -0.2) is 59.4 Å². The maximum Gasteiger partial charge on any atom is 0.490 e. The highest BCUT2D eigenvalue weighted by Gasteiger charge is 2.43. The van der Waals surface area contributed by atoms with Crippen molar-refractivity contribution in [1.29, 1.82) is 0 Å². The molecule has 3 aliphatic rings. The minimum atomic E-state index is -5.08. The van der Waals surface area contributed by atoms with E-state index in [-0.39, 0.29) is 18.1 Å². The number of furan rings is 1. The fourth-order valence-electron chi connectivity index (χ4n) is 3.77. The Hall–Kier alpha value is -2.07. The van der Waals surface area contributed by atoms with E-state index in [2.05, 4.69) is 10.2 Å². The number of halogens is 3. The van der Waals surface area contributed by atoms with Gasteiger partial charge in [0, 0.05) is 19.1 Å². The van der Waals surface area contributed by atoms with Crippen LogP contribution in [0.15, 0.2) is 22.8 Å². The summed E-state index contributed by atoms with van der Waals surface area (Å²) >= 11 is 0. The summed E-state index contributed by atoms with van der Waals surface area (Å²) in [7, 11) is 0. The molecule has 162 valence electrons. The second-order valence-electron chi connectivity index (χ2n) is 7.63. The first-order valence-electron chi connectivity index (χ1n) is 9.73. The first kappa shape index (κ1) is 21.6. The molecule has 0 radical (unpaired) electrons. The predicted molar refractivity (Wildman–Crippen MR) is 94.8 cm³/mol. The van der Waals surface area contributed by atoms with E-state index in [0.29, 0.717) is 12.6 Å². The van der Waals surface area contributed by atoms with Crippen molar-refractivity contribution >= 4 is 11.9 Å². The highest BCUT2D eigenvalue weighted by molar-refractivity contribution is 5.80. The Kier molecular flexibility index (Phi) is 6.84. The fourth-order valence-corrected chi connectivity index (χ4v) is 3.77. The third-order valence-electron chi connectivity index (χ3n) is 5.40. The molecule has 3 heterocycles. The number of rotatable bonds is 5. The fraction of sp³-hybridized carbons (Fsp3) is 0.684. The first-order chi connectivity index (χ1) is 13.7. The van der Waals surface area contributed by atoms with Gasteiger partial charge in [0.2, 0.25) is 5.91 Å². The molecule has 2 saturated heterocycles. The van der Waals surface area contributed by atoms with Crippen molar-refractivity contribution in [2.24, 2.45) is 5.92 Å². The molecule has 1 saturated carbocycles. The summed E-state index contributed by atoms with van der Waals surface area (Å²) < 4.78 is 43.1. The zero-order valence-electron chi connectivity index (χ0n) is 15.9. The summed E-state index contributed by atoms with van der Waals surface area (Å²) in [6.07, 6.45) is 2.25. The summed E-state index contributed by atoms with van der Waals surface area (Å²) in [6.45, 7) is 2.81. The number of hydrogen-bond acceptors (Lipinski definition) is 5. The largest absolute Gasteiger partial charge is 0.490 e. The van der Waals surface area contributed by atoms with E-state index in [1.807, 2.05) is 12.1 Å². The predicted octanol–water partition coefficient (Wildman–Crippen LogP) is 2.56. The van der Waals surface area contributed by atoms with Gasteiger partial charge in [0.15, 0.2) is 0 Å². The Morgan fingerprint density at radius 3 is 2.52 bits per heavy atom. The summed E-state index contributed by atoms with van der Waals surface area (Å²) in [5.41, 5.74) is 0. The van der Waals surface area contributed by atoms with Crippen molar-refractivity contribution in [3.05, 3.63) is 24.2 Å². The van der Waals surface area contributed by atoms with Crippen LogP contribution < -0.4 is 5.32 Å². The zero-order chi connectivity index (χ0) is 21.0. The lowest BCUT2D eigenvalue weighted by atomic mass is 9.98. The number of ether oxygens (including phenoxy) is 1. The number of carbonyl (C=O) groups is 2. The van der Waals surface area contributed by atoms with Crippen molar-refractivity contribution in [1.82, 2.24) is 10.2 Å². The average molecular weight is 418 g/mol. The Morgan fingerprint density at radius 2 is 1.93 bits per heavy atom. The standard InChI is InChI=1S/C17H24N2O3.C2HF3O2/c20-17(18-10-13-2-1-9-21-13)16-6-5-14-15(22-16)7-8-19(14)11-12-3-4-12;3-2(4,5)1(6)7/h1-2,9,12,14-16H,3-8,10-11H2,(H,18,20);(H,6,7)/t14-,15-,16+;/m1./s1. The van der Waals surface area contributed by atoms with Gasteiger partial charge in [-0.05, 0) is 50.2 Å². The van der Waals surface area contributed by atoms with Crippen LogP contribution in [0.1, 0.15) is 37.9 Å². The smallest absolute Gasteiger partial charge is 0.475 e. The Labute approximate surface area is 166 Å². The van der Waals surface area contributed by atoms with Gasteiger partial charge in [-0.1, -0.05) is 0 Å². The number of carboxylic acid groups (broad SMARTS) is 1. The van der Waals surface area contributed by atoms with Crippen LogP contribution in [0, 0.1) is 5.92 Å². The first-order valence-corrected chi connectivity index (χ1v) is 9.73. The molecule has 10 heteroatoms. The van der Waals surface area contributed by atoms with E-state index < -0.39 is 12.1 Å². The minimum Gasteiger partial charge on any atom is -0.475 e. The maximum absolute atomic E-state index is 12.3. The molecule has 0 spiro atoms. The Balaban J connectivity index is 0.000000298. The van der Waals surface area contributed by atoms with Gasteiger partial charge < -0.3 is 19.6 Å². The number of nitrogens with zero attached hydrogens (tertiary/aromatic N) is 1. The van der Waals surface area contributed by atoms with Gasteiger partial charge in [-0.3, -0.25) is 9.69 Å². The molecule has 2 aliphatic heterocycles. The van der Waals surface area contributed by atoms with E-state index in [1.165, 1.54) is 19.4 Å². The van der Waals surface area contributed by atoms with Crippen LogP contribution in [0.25, 0.3) is 0 Å². The number of carbonyl (C=O) groups excluding carboxylic acids is 1. The van der Waals surface area contributed by atoms with E-state index in [4.69, 9.17) is 19.1 Å². The molecule has 1 aliphatic carbocycles. The van der Waals surface area contributed by atoms with Gasteiger partial charge in [-0.15, -0.1) is 0 Å². The number of fused-ring (bicyclic) bond motifs is 1. The molecule has 7 nitrogen and oxygen atoms in total. The highest BCUT2D eigenvalue weighted by atomic mass is 19.4. The van der Waals surface area contributed by atoms with E-state index in [9.17, 15) is 18.0 Å². The third kappa shape index (κ3) is 6.20. The molecular formula is C19H25F3N2O5. The number of amides is 1. The molecule has 0 bridgehead atoms. The van der Waals surface area contributed by atoms with E-state index in [1.54, 1.807) is 6.26 Å². The van der Waals surface area contributed by atoms with Crippen LogP contribution in [0.5, 0.6) is 0 Å². The number of likely N-dealkylation sites (tertiary alicyclic amines) is 1. The normalized spacial score (nSPS) is 26.9. The minimum absolute atomic E-state index is 0.00417. The molecule has 1 amide bonds. The van der Waals surface area contributed by atoms with Crippen molar-refractivity contribution in [3.8, 4) is 0 Å². The third-order valence-corrected chi connectivity index (χ3v) is 5.40. The van der Waals surface area contributed by atoms with Crippen LogP contribution in [0.3, 0.4) is 0 Å². The molecular weight excluding hydrogens is 393 g/mol. The molecule has 1 aromatic rings. The Morgan fingerprint density at radius 1 is 1.21 bits per heavy atom. The molecule has 0 aromatic carbocycles. The van der Waals surface area contributed by atoms with E-state index in [0.717, 1.165) is 37.5 Å². The molecule has 1 aromatic heterocycles. The van der Waals surface area contributed by atoms with Gasteiger partial charge in [0.1, 0.15) is 11.9 Å². The second-order valence-corrected chi connectivity index (χ2v) is 7.63. The summed E-state index contributed by atoms with van der Waals surface area (Å²) in [6, 6.07) is 4.23. The Bertz CT molecular complexity index is 691. The maximum atomic E-state index is 12.3. The average Bonchev–Trinajstić information content (AvgIpc) is 3.16. The SMILES string of the molecule is O=C(NCc1ccco1)[C@@H]1CC[C@@H]2[C@@H](CCN2CC2CC2)O1.O=C(O)C(F)(F)F. The van der Waals surface area contributed by atoms with Crippen LogP contribution >= 0.6 is 0 Å². The molecule has 2 N–H and O–H groups in total. The molecule has 4 rings (SSSR count). The van der Waals surface area contributed by atoms with Crippen molar-refractivity contribution in [2.75, 3.05) is 13.1 Å². The van der Waals surface area contributed by atoms with Gasteiger partial charge >= 0.3 is 12.1 Å². The summed E-state index contributed by atoms with van der Waals surface area (Å²) in [4.78, 5) is 23.8. The van der Waals surface area contributed by atoms with Crippen LogP contribution in [0.4, 0.5) is 13.2 Å². The lowest BCUT2D eigenvalue weighted by Crippen LogP contribution is -2.48. The summed E-state index contributed by atoms with van der Waals surface area (Å²) in [5, 5.41) is 10.0. The number of alkyl halides is 3. The topological polar surface area (TPSA) is 92.0 Å². The zero-order valence-corrected chi connectivity index (χ0v) is 15.9. The van der Waals surface area contributed by atoms with Crippen LogP contribution in [-0.2, 0) is 20.9 Å². The van der Waals surface area contributed by atoms with Crippen molar-refractivity contribution in [2.45, 2.75) is 63.1 Å². The highest BCUT2D eigenvalue weighted by Crippen LogP contribution is 2.36. The lowest BCUT2D eigenvalue weighted by molar-refractivity contribution is -0.192. The molecule has 29 heavy (non-hydrogen) atoms. The molecule has 0 unspecified atom stereocenters. The van der Waals surface area contributed by atoms with Gasteiger partial charge in [-0.25, -0.2) is 4.79 Å². The summed E-state index contributed by atoms with van der Waals surface area (Å²) in [5.74, 6) is -1.06.